The van der Waals surface area contributed by atoms with Crippen LogP contribution in [0.4, 0.5) is 0 Å². The number of hydrogen-bond donors (Lipinski definition) is 1. The molecule has 0 aliphatic rings. The smallest absolute Gasteiger partial charge is 0.195 e. The quantitative estimate of drug-likeness (QED) is 0.807. The molecule has 2 aromatic heterocycles. The van der Waals surface area contributed by atoms with Crippen LogP contribution < -0.4 is 5.32 Å². The molecule has 1 atom stereocenters. The van der Waals surface area contributed by atoms with Gasteiger partial charge in [-0.3, -0.25) is 4.40 Å². The van der Waals surface area contributed by atoms with E-state index < -0.39 is 0 Å². The monoisotopic (exact) mass is 247 g/mol. The Hall–Kier alpha value is -1.58. The lowest BCUT2D eigenvalue weighted by atomic mass is 10.3. The van der Waals surface area contributed by atoms with Crippen molar-refractivity contribution in [3.05, 3.63) is 24.4 Å². The Morgan fingerprint density at radius 1 is 1.53 bits per heavy atom. The van der Waals surface area contributed by atoms with Gasteiger partial charge >= 0.3 is 0 Å². The number of aromatic nitrogens is 3. The normalized spacial score (nSPS) is 12.5. The van der Waals surface area contributed by atoms with Crippen molar-refractivity contribution in [3.63, 3.8) is 0 Å². The zero-order chi connectivity index (χ0) is 12.1. The molecule has 0 aliphatic heterocycles. The number of nitrogens with one attached hydrogen (secondary N) is 1. The van der Waals surface area contributed by atoms with Crippen LogP contribution >= 0.6 is 11.8 Å². The maximum Gasteiger partial charge on any atom is 0.195 e. The topological polar surface area (TPSA) is 66.0 Å². The summed E-state index contributed by atoms with van der Waals surface area (Å²) in [7, 11) is 1.80. The molecule has 1 N–H and O–H groups in total. The number of nitriles is 1. The second kappa shape index (κ2) is 5.66. The summed E-state index contributed by atoms with van der Waals surface area (Å²) in [6.45, 7) is 0. The van der Waals surface area contributed by atoms with Crippen molar-refractivity contribution in [1.82, 2.24) is 19.9 Å². The molecular formula is C11H13N5S. The summed E-state index contributed by atoms with van der Waals surface area (Å²) in [6, 6.07) is 7.91. The lowest BCUT2D eigenvalue weighted by Gasteiger charge is -2.05. The molecule has 0 bridgehead atoms. The van der Waals surface area contributed by atoms with E-state index in [1.54, 1.807) is 18.8 Å². The highest BCUT2D eigenvalue weighted by atomic mass is 32.2. The second-order valence-corrected chi connectivity index (χ2v) is 4.58. The van der Waals surface area contributed by atoms with Crippen LogP contribution in [0, 0.1) is 11.3 Å². The Balaban J connectivity index is 1.98. The zero-order valence-electron chi connectivity index (χ0n) is 9.50. The maximum atomic E-state index is 8.80. The highest BCUT2D eigenvalue weighted by Crippen LogP contribution is 2.17. The van der Waals surface area contributed by atoms with E-state index in [9.17, 15) is 0 Å². The van der Waals surface area contributed by atoms with Gasteiger partial charge in [0, 0.05) is 11.9 Å². The molecule has 5 nitrogen and oxygen atoms in total. The van der Waals surface area contributed by atoms with Crippen LogP contribution in [0.2, 0.25) is 0 Å². The fourth-order valence-corrected chi connectivity index (χ4v) is 2.39. The van der Waals surface area contributed by atoms with Crippen LogP contribution in [-0.2, 0) is 0 Å². The van der Waals surface area contributed by atoms with Crippen molar-refractivity contribution in [2.24, 2.45) is 0 Å². The van der Waals surface area contributed by atoms with Crippen LogP contribution in [0.5, 0.6) is 0 Å². The Morgan fingerprint density at radius 2 is 2.41 bits per heavy atom. The zero-order valence-corrected chi connectivity index (χ0v) is 10.3. The summed E-state index contributed by atoms with van der Waals surface area (Å²) in [5.74, 6) is 0.842. The first-order valence-corrected chi connectivity index (χ1v) is 6.33. The Labute approximate surface area is 104 Å². The Bertz CT molecular complexity index is 530. The van der Waals surface area contributed by atoms with E-state index in [0.717, 1.165) is 23.0 Å². The van der Waals surface area contributed by atoms with Crippen LogP contribution in [-0.4, -0.2) is 33.4 Å². The molecule has 0 saturated heterocycles. The molecule has 0 saturated carbocycles. The van der Waals surface area contributed by atoms with Gasteiger partial charge in [-0.1, -0.05) is 17.8 Å². The lowest BCUT2D eigenvalue weighted by Crippen LogP contribution is -2.23. The standard InChI is InChI=1S/C11H13N5S/c1-13-9(8-12)5-7-17-11-15-14-10-4-2-3-6-16(10)11/h2-4,6,9,13H,5,7H2,1H3. The number of rotatable bonds is 5. The average Bonchev–Trinajstić information content (AvgIpc) is 2.78. The van der Waals surface area contributed by atoms with Gasteiger partial charge < -0.3 is 5.32 Å². The number of pyridine rings is 1. The molecule has 17 heavy (non-hydrogen) atoms. The van der Waals surface area contributed by atoms with Crippen molar-refractivity contribution in [2.45, 2.75) is 17.6 Å². The molecule has 2 rings (SSSR count). The highest BCUT2D eigenvalue weighted by molar-refractivity contribution is 7.99. The Morgan fingerprint density at radius 3 is 3.18 bits per heavy atom. The van der Waals surface area contributed by atoms with Crippen molar-refractivity contribution < 1.29 is 0 Å². The molecule has 0 amide bonds. The van der Waals surface area contributed by atoms with Crippen molar-refractivity contribution in [3.8, 4) is 6.07 Å². The van der Waals surface area contributed by atoms with Crippen LogP contribution in [0.3, 0.4) is 0 Å². The highest BCUT2D eigenvalue weighted by Gasteiger charge is 2.07. The third-order valence-corrected chi connectivity index (χ3v) is 3.40. The van der Waals surface area contributed by atoms with E-state index in [4.69, 9.17) is 5.26 Å². The van der Waals surface area contributed by atoms with Gasteiger partial charge in [0.2, 0.25) is 0 Å². The molecule has 0 radical (unpaired) electrons. The molecule has 0 aromatic carbocycles. The van der Waals surface area contributed by atoms with E-state index in [0.29, 0.717) is 0 Å². The maximum absolute atomic E-state index is 8.80. The first kappa shape index (κ1) is 11.9. The van der Waals surface area contributed by atoms with Gasteiger partial charge in [-0.05, 0) is 25.6 Å². The molecule has 1 unspecified atom stereocenters. The largest absolute Gasteiger partial charge is 0.305 e. The van der Waals surface area contributed by atoms with Gasteiger partial charge in [0.1, 0.15) is 0 Å². The van der Waals surface area contributed by atoms with E-state index >= 15 is 0 Å². The van der Waals surface area contributed by atoms with Crippen molar-refractivity contribution in [1.29, 1.82) is 5.26 Å². The summed E-state index contributed by atoms with van der Waals surface area (Å²) in [6.07, 6.45) is 2.73. The number of fused-ring (bicyclic) bond motifs is 1. The fraction of sp³-hybridized carbons (Fsp3) is 0.364. The summed E-state index contributed by atoms with van der Waals surface area (Å²) >= 11 is 1.61. The fourth-order valence-electron chi connectivity index (χ4n) is 1.46. The number of hydrogen-bond acceptors (Lipinski definition) is 5. The summed E-state index contributed by atoms with van der Waals surface area (Å²) in [5.41, 5.74) is 0.848. The van der Waals surface area contributed by atoms with Gasteiger partial charge in [-0.15, -0.1) is 10.2 Å². The first-order valence-electron chi connectivity index (χ1n) is 5.34. The van der Waals surface area contributed by atoms with Gasteiger partial charge in [0.25, 0.3) is 0 Å². The minimum Gasteiger partial charge on any atom is -0.305 e. The first-order chi connectivity index (χ1) is 8.35. The molecule has 2 aromatic rings. The molecule has 88 valence electrons. The predicted octanol–water partition coefficient (Wildman–Crippen LogP) is 1.32. The minimum absolute atomic E-state index is 0.0957. The molecule has 2 heterocycles. The van der Waals surface area contributed by atoms with Gasteiger partial charge in [0.05, 0.1) is 12.1 Å². The molecular weight excluding hydrogens is 234 g/mol. The lowest BCUT2D eigenvalue weighted by molar-refractivity contribution is 0.663. The molecule has 0 spiro atoms. The summed E-state index contributed by atoms with van der Waals surface area (Å²) in [5, 5.41) is 20.8. The second-order valence-electron chi connectivity index (χ2n) is 3.52. The van der Waals surface area contributed by atoms with Gasteiger partial charge in [0.15, 0.2) is 10.8 Å². The Kier molecular flexibility index (Phi) is 3.96. The van der Waals surface area contributed by atoms with Crippen molar-refractivity contribution >= 4 is 17.4 Å². The van der Waals surface area contributed by atoms with Crippen LogP contribution in [0.1, 0.15) is 6.42 Å². The average molecular weight is 247 g/mol. The summed E-state index contributed by atoms with van der Waals surface area (Å²) < 4.78 is 1.95. The van der Waals surface area contributed by atoms with Crippen LogP contribution in [0.25, 0.3) is 5.65 Å². The summed E-state index contributed by atoms with van der Waals surface area (Å²) in [4.78, 5) is 0. The van der Waals surface area contributed by atoms with E-state index in [2.05, 4.69) is 21.6 Å². The molecule has 6 heteroatoms. The number of thioether (sulfide) groups is 1. The van der Waals surface area contributed by atoms with E-state index in [1.807, 2.05) is 28.8 Å². The number of nitrogens with zero attached hydrogens (tertiary/aromatic N) is 4. The third-order valence-electron chi connectivity index (χ3n) is 2.42. The van der Waals surface area contributed by atoms with E-state index in [-0.39, 0.29) is 6.04 Å². The molecule has 0 fully saturated rings. The van der Waals surface area contributed by atoms with Crippen LogP contribution in [0.15, 0.2) is 29.6 Å². The third kappa shape index (κ3) is 2.75. The van der Waals surface area contributed by atoms with Crippen molar-refractivity contribution in [2.75, 3.05) is 12.8 Å². The van der Waals surface area contributed by atoms with E-state index in [1.165, 1.54) is 0 Å². The SMILES string of the molecule is CNC(C#N)CCSc1nnc2ccccn12. The minimum atomic E-state index is -0.0957. The van der Waals surface area contributed by atoms with Gasteiger partial charge in [-0.25, -0.2) is 0 Å². The molecule has 0 aliphatic carbocycles. The predicted molar refractivity (Wildman–Crippen MR) is 66.8 cm³/mol. The van der Waals surface area contributed by atoms with Gasteiger partial charge in [-0.2, -0.15) is 5.26 Å².